The van der Waals surface area contributed by atoms with E-state index < -0.39 is 0 Å². The van der Waals surface area contributed by atoms with E-state index in [1.807, 2.05) is 6.92 Å². The van der Waals surface area contributed by atoms with Crippen molar-refractivity contribution in [3.63, 3.8) is 0 Å². The molecular weight excluding hydrogens is 228 g/mol. The average Bonchev–Trinajstić information content (AvgIpc) is 2.43. The largest absolute Gasteiger partial charge is 0.396 e. The topological polar surface area (TPSA) is 61.4 Å². The standard InChI is InChI=1S/C14H26N2O2/c1-10(9-17)8-15-14(18)13-7-6-11-4-2-3-5-12(11)16-13/h10-13,16-17H,2-9H2,1H3,(H,15,18). The summed E-state index contributed by atoms with van der Waals surface area (Å²) in [7, 11) is 0. The van der Waals surface area contributed by atoms with Gasteiger partial charge in [-0.1, -0.05) is 19.8 Å². The lowest BCUT2D eigenvalue weighted by Gasteiger charge is -2.40. The highest BCUT2D eigenvalue weighted by Gasteiger charge is 2.34. The Kier molecular flexibility index (Phi) is 5.01. The molecule has 2 rings (SSSR count). The molecule has 2 fully saturated rings. The number of carbonyl (C=O) groups excluding carboxylic acids is 1. The molecule has 0 spiro atoms. The Bertz CT molecular complexity index is 283. The fourth-order valence-electron chi connectivity index (χ4n) is 3.16. The van der Waals surface area contributed by atoms with Crippen LogP contribution in [0.25, 0.3) is 0 Å². The second kappa shape index (κ2) is 6.53. The maximum absolute atomic E-state index is 12.0. The van der Waals surface area contributed by atoms with Crippen LogP contribution in [0.3, 0.4) is 0 Å². The minimum Gasteiger partial charge on any atom is -0.396 e. The Balaban J connectivity index is 1.77. The lowest BCUT2D eigenvalue weighted by atomic mass is 9.77. The highest BCUT2D eigenvalue weighted by atomic mass is 16.3. The van der Waals surface area contributed by atoms with Gasteiger partial charge >= 0.3 is 0 Å². The summed E-state index contributed by atoms with van der Waals surface area (Å²) in [6.45, 7) is 2.64. The summed E-state index contributed by atoms with van der Waals surface area (Å²) in [5.41, 5.74) is 0. The van der Waals surface area contributed by atoms with Gasteiger partial charge in [-0.3, -0.25) is 4.79 Å². The molecule has 1 saturated heterocycles. The van der Waals surface area contributed by atoms with Gasteiger partial charge in [-0.2, -0.15) is 0 Å². The SMILES string of the molecule is CC(CO)CNC(=O)C1CCC2CCCCC2N1. The number of aliphatic hydroxyl groups excluding tert-OH is 1. The number of fused-ring (bicyclic) bond motifs is 1. The van der Waals surface area contributed by atoms with Crippen LogP contribution in [-0.2, 0) is 4.79 Å². The van der Waals surface area contributed by atoms with E-state index in [1.165, 1.54) is 32.1 Å². The van der Waals surface area contributed by atoms with E-state index in [9.17, 15) is 4.79 Å². The molecular formula is C14H26N2O2. The second-order valence-electron chi connectivity index (χ2n) is 5.98. The van der Waals surface area contributed by atoms with E-state index in [-0.39, 0.29) is 24.5 Å². The lowest BCUT2D eigenvalue weighted by molar-refractivity contribution is -0.124. The Hall–Kier alpha value is -0.610. The molecule has 1 heterocycles. The first-order valence-electron chi connectivity index (χ1n) is 7.35. The number of hydrogen-bond donors (Lipinski definition) is 3. The molecule has 1 aliphatic heterocycles. The predicted molar refractivity (Wildman–Crippen MR) is 71.2 cm³/mol. The van der Waals surface area contributed by atoms with Crippen molar-refractivity contribution in [1.82, 2.24) is 10.6 Å². The van der Waals surface area contributed by atoms with E-state index in [0.29, 0.717) is 12.6 Å². The molecule has 4 atom stereocenters. The fraction of sp³-hybridized carbons (Fsp3) is 0.929. The molecule has 2 aliphatic rings. The maximum atomic E-state index is 12.0. The maximum Gasteiger partial charge on any atom is 0.237 e. The smallest absolute Gasteiger partial charge is 0.237 e. The molecule has 18 heavy (non-hydrogen) atoms. The summed E-state index contributed by atoms with van der Waals surface area (Å²) >= 11 is 0. The van der Waals surface area contributed by atoms with Crippen molar-refractivity contribution in [2.45, 2.75) is 57.5 Å². The minimum absolute atomic E-state index is 0.0183. The molecule has 1 aliphatic carbocycles. The first kappa shape index (κ1) is 13.8. The quantitative estimate of drug-likeness (QED) is 0.702. The number of amides is 1. The van der Waals surface area contributed by atoms with Gasteiger partial charge in [-0.25, -0.2) is 0 Å². The Labute approximate surface area is 110 Å². The van der Waals surface area contributed by atoms with Crippen LogP contribution in [0.15, 0.2) is 0 Å². The first-order valence-corrected chi connectivity index (χ1v) is 7.35. The highest BCUT2D eigenvalue weighted by molar-refractivity contribution is 5.81. The minimum atomic E-state index is -0.0183. The molecule has 0 bridgehead atoms. The van der Waals surface area contributed by atoms with Gasteiger partial charge in [0.1, 0.15) is 0 Å². The zero-order valence-corrected chi connectivity index (χ0v) is 11.3. The molecule has 1 saturated carbocycles. The van der Waals surface area contributed by atoms with Crippen LogP contribution >= 0.6 is 0 Å². The van der Waals surface area contributed by atoms with E-state index in [0.717, 1.165) is 12.3 Å². The van der Waals surface area contributed by atoms with Crippen molar-refractivity contribution in [3.8, 4) is 0 Å². The number of aliphatic hydroxyl groups is 1. The summed E-state index contributed by atoms with van der Waals surface area (Å²) in [4.78, 5) is 12.0. The van der Waals surface area contributed by atoms with Crippen LogP contribution in [0, 0.1) is 11.8 Å². The summed E-state index contributed by atoms with van der Waals surface area (Å²) < 4.78 is 0. The van der Waals surface area contributed by atoms with Gasteiger partial charge in [-0.05, 0) is 37.5 Å². The highest BCUT2D eigenvalue weighted by Crippen LogP contribution is 2.32. The Morgan fingerprint density at radius 1 is 1.33 bits per heavy atom. The zero-order valence-electron chi connectivity index (χ0n) is 11.3. The van der Waals surface area contributed by atoms with Crippen molar-refractivity contribution in [2.75, 3.05) is 13.2 Å². The molecule has 3 N–H and O–H groups in total. The van der Waals surface area contributed by atoms with Crippen molar-refractivity contribution in [2.24, 2.45) is 11.8 Å². The van der Waals surface area contributed by atoms with Crippen LogP contribution in [-0.4, -0.2) is 36.2 Å². The molecule has 4 nitrogen and oxygen atoms in total. The molecule has 1 amide bonds. The summed E-state index contributed by atoms with van der Waals surface area (Å²) in [6, 6.07) is 0.536. The van der Waals surface area contributed by atoms with E-state index in [2.05, 4.69) is 10.6 Å². The normalized spacial score (nSPS) is 33.6. The third-order valence-electron chi connectivity index (χ3n) is 4.40. The van der Waals surface area contributed by atoms with Gasteiger partial charge < -0.3 is 15.7 Å². The first-order chi connectivity index (χ1) is 8.70. The van der Waals surface area contributed by atoms with Gasteiger partial charge in [0.05, 0.1) is 6.04 Å². The molecule has 0 aromatic rings. The van der Waals surface area contributed by atoms with Gasteiger partial charge in [0, 0.05) is 19.2 Å². The van der Waals surface area contributed by atoms with Crippen LogP contribution in [0.4, 0.5) is 0 Å². The van der Waals surface area contributed by atoms with E-state index in [4.69, 9.17) is 5.11 Å². The van der Waals surface area contributed by atoms with Crippen LogP contribution in [0.1, 0.15) is 45.4 Å². The second-order valence-corrected chi connectivity index (χ2v) is 5.98. The van der Waals surface area contributed by atoms with E-state index in [1.54, 1.807) is 0 Å². The molecule has 0 aromatic heterocycles. The molecule has 104 valence electrons. The van der Waals surface area contributed by atoms with Crippen LogP contribution < -0.4 is 10.6 Å². The number of rotatable bonds is 4. The van der Waals surface area contributed by atoms with Gasteiger partial charge in [0.2, 0.25) is 5.91 Å². The molecule has 4 unspecified atom stereocenters. The lowest BCUT2D eigenvalue weighted by Crippen LogP contribution is -2.55. The predicted octanol–water partition coefficient (Wildman–Crippen LogP) is 1.04. The number of carbonyl (C=O) groups is 1. The van der Waals surface area contributed by atoms with Crippen molar-refractivity contribution in [1.29, 1.82) is 0 Å². The number of nitrogens with one attached hydrogen (secondary N) is 2. The van der Waals surface area contributed by atoms with Crippen LogP contribution in [0.5, 0.6) is 0 Å². The van der Waals surface area contributed by atoms with Crippen LogP contribution in [0.2, 0.25) is 0 Å². The van der Waals surface area contributed by atoms with Gasteiger partial charge in [0.15, 0.2) is 0 Å². The molecule has 0 radical (unpaired) electrons. The Morgan fingerprint density at radius 3 is 2.89 bits per heavy atom. The number of hydrogen-bond acceptors (Lipinski definition) is 3. The molecule has 0 aromatic carbocycles. The zero-order chi connectivity index (χ0) is 13.0. The third-order valence-corrected chi connectivity index (χ3v) is 4.40. The van der Waals surface area contributed by atoms with E-state index >= 15 is 0 Å². The summed E-state index contributed by atoms with van der Waals surface area (Å²) in [5.74, 6) is 1.04. The van der Waals surface area contributed by atoms with Gasteiger partial charge in [0.25, 0.3) is 0 Å². The Morgan fingerprint density at radius 2 is 2.11 bits per heavy atom. The summed E-state index contributed by atoms with van der Waals surface area (Å²) in [6.07, 6.45) is 7.35. The average molecular weight is 254 g/mol. The van der Waals surface area contributed by atoms with Crippen molar-refractivity contribution < 1.29 is 9.90 Å². The monoisotopic (exact) mass is 254 g/mol. The summed E-state index contributed by atoms with van der Waals surface area (Å²) in [5, 5.41) is 15.4. The fourth-order valence-corrected chi connectivity index (χ4v) is 3.16. The van der Waals surface area contributed by atoms with Gasteiger partial charge in [-0.15, -0.1) is 0 Å². The third kappa shape index (κ3) is 3.45. The number of piperidine rings is 1. The van der Waals surface area contributed by atoms with Crippen molar-refractivity contribution >= 4 is 5.91 Å². The molecule has 4 heteroatoms. The van der Waals surface area contributed by atoms with Crippen molar-refractivity contribution in [3.05, 3.63) is 0 Å².